The maximum atomic E-state index is 10.2. The standard InChI is InChI=1S/C13H17N5O3/c1-13(2)20-9-6(3-7(19)10(9)21-13)18-5-17-8-11(14)15-4-16-12(8)18/h4-7,9-10,19H,3H2,1-2H3,(H2,14,15,16)/t6-,7-,9+,10-/m1/s1. The molecular formula is C13H17N5O3. The van der Waals surface area contributed by atoms with Crippen LogP contribution in [0.3, 0.4) is 0 Å². The third kappa shape index (κ3) is 1.83. The molecule has 2 aliphatic rings. The van der Waals surface area contributed by atoms with E-state index in [9.17, 15) is 5.11 Å². The summed E-state index contributed by atoms with van der Waals surface area (Å²) >= 11 is 0. The summed E-state index contributed by atoms with van der Waals surface area (Å²) in [4.78, 5) is 12.5. The number of aliphatic hydroxyl groups excluding tert-OH is 1. The van der Waals surface area contributed by atoms with Crippen molar-refractivity contribution >= 4 is 17.0 Å². The van der Waals surface area contributed by atoms with Gasteiger partial charge in [0.15, 0.2) is 17.3 Å². The Morgan fingerprint density at radius 1 is 1.29 bits per heavy atom. The topological polar surface area (TPSA) is 108 Å². The number of aromatic nitrogens is 4. The van der Waals surface area contributed by atoms with Crippen molar-refractivity contribution in [2.45, 2.75) is 50.4 Å². The predicted molar refractivity (Wildman–Crippen MR) is 73.2 cm³/mol. The Morgan fingerprint density at radius 2 is 2.05 bits per heavy atom. The molecule has 0 radical (unpaired) electrons. The molecule has 0 amide bonds. The van der Waals surface area contributed by atoms with Crippen molar-refractivity contribution in [1.82, 2.24) is 19.5 Å². The average molecular weight is 291 g/mol. The number of imidazole rings is 1. The lowest BCUT2D eigenvalue weighted by atomic mass is 10.2. The second kappa shape index (κ2) is 4.12. The zero-order valence-corrected chi connectivity index (χ0v) is 11.8. The van der Waals surface area contributed by atoms with Crippen LogP contribution in [0.1, 0.15) is 26.3 Å². The molecule has 0 bridgehead atoms. The molecule has 3 N–H and O–H groups in total. The first-order valence-electron chi connectivity index (χ1n) is 6.93. The fourth-order valence-electron chi connectivity index (χ4n) is 3.31. The minimum absolute atomic E-state index is 0.0916. The molecule has 0 unspecified atom stereocenters. The summed E-state index contributed by atoms with van der Waals surface area (Å²) in [6.07, 6.45) is 2.48. The van der Waals surface area contributed by atoms with Gasteiger partial charge in [-0.25, -0.2) is 15.0 Å². The summed E-state index contributed by atoms with van der Waals surface area (Å²) in [5.41, 5.74) is 7.02. The van der Waals surface area contributed by atoms with Crippen molar-refractivity contribution in [3.8, 4) is 0 Å². The largest absolute Gasteiger partial charge is 0.390 e. The number of fused-ring (bicyclic) bond motifs is 2. The molecule has 1 aliphatic carbocycles. The van der Waals surface area contributed by atoms with Crippen LogP contribution in [0.5, 0.6) is 0 Å². The molecule has 1 saturated heterocycles. The van der Waals surface area contributed by atoms with E-state index in [1.165, 1.54) is 6.33 Å². The van der Waals surface area contributed by atoms with Crippen LogP contribution < -0.4 is 5.73 Å². The van der Waals surface area contributed by atoms with Gasteiger partial charge in [-0.15, -0.1) is 0 Å². The van der Waals surface area contributed by atoms with E-state index in [1.807, 2.05) is 18.4 Å². The lowest BCUT2D eigenvalue weighted by Crippen LogP contribution is -2.28. The second-order valence-corrected chi connectivity index (χ2v) is 6.02. The van der Waals surface area contributed by atoms with Gasteiger partial charge in [-0.3, -0.25) is 0 Å². The Balaban J connectivity index is 1.77. The molecule has 2 aromatic heterocycles. The number of aliphatic hydroxyl groups is 1. The highest BCUT2D eigenvalue weighted by molar-refractivity contribution is 5.81. The van der Waals surface area contributed by atoms with Gasteiger partial charge in [0.25, 0.3) is 0 Å². The molecule has 0 aromatic carbocycles. The Morgan fingerprint density at radius 3 is 2.86 bits per heavy atom. The third-order valence-electron chi connectivity index (χ3n) is 4.15. The first-order chi connectivity index (χ1) is 9.96. The molecule has 1 saturated carbocycles. The molecule has 3 heterocycles. The molecule has 112 valence electrons. The molecule has 2 fully saturated rings. The van der Waals surface area contributed by atoms with Gasteiger partial charge in [-0.1, -0.05) is 0 Å². The molecule has 8 heteroatoms. The molecule has 8 nitrogen and oxygen atoms in total. The number of hydrogen-bond donors (Lipinski definition) is 2. The summed E-state index contributed by atoms with van der Waals surface area (Å²) in [5, 5.41) is 10.2. The number of nitrogen functional groups attached to an aromatic ring is 1. The lowest BCUT2D eigenvalue weighted by Gasteiger charge is -2.23. The van der Waals surface area contributed by atoms with Gasteiger partial charge >= 0.3 is 0 Å². The Labute approximate surface area is 120 Å². The highest BCUT2D eigenvalue weighted by Gasteiger charge is 2.54. The zero-order chi connectivity index (χ0) is 14.8. The second-order valence-electron chi connectivity index (χ2n) is 6.02. The van der Waals surface area contributed by atoms with Gasteiger partial charge in [-0.2, -0.15) is 0 Å². The van der Waals surface area contributed by atoms with Crippen LogP contribution >= 0.6 is 0 Å². The molecule has 21 heavy (non-hydrogen) atoms. The molecule has 0 spiro atoms. The van der Waals surface area contributed by atoms with Crippen LogP contribution in [0, 0.1) is 0 Å². The first-order valence-corrected chi connectivity index (χ1v) is 6.93. The fraction of sp³-hybridized carbons (Fsp3) is 0.615. The van der Waals surface area contributed by atoms with E-state index in [2.05, 4.69) is 15.0 Å². The Hall–Kier alpha value is -1.77. The molecule has 1 aliphatic heterocycles. The third-order valence-corrected chi connectivity index (χ3v) is 4.15. The highest BCUT2D eigenvalue weighted by atomic mass is 16.8. The number of rotatable bonds is 1. The number of nitrogens with zero attached hydrogens (tertiary/aromatic N) is 4. The first kappa shape index (κ1) is 12.9. The summed E-state index contributed by atoms with van der Waals surface area (Å²) in [7, 11) is 0. The van der Waals surface area contributed by atoms with Gasteiger partial charge in [-0.05, 0) is 20.3 Å². The summed E-state index contributed by atoms with van der Waals surface area (Å²) in [6.45, 7) is 3.70. The Kier molecular flexibility index (Phi) is 2.54. The van der Waals surface area contributed by atoms with Crippen molar-refractivity contribution in [3.05, 3.63) is 12.7 Å². The monoisotopic (exact) mass is 291 g/mol. The van der Waals surface area contributed by atoms with E-state index in [-0.39, 0.29) is 18.2 Å². The number of ether oxygens (including phenoxy) is 2. The molecule has 4 rings (SSSR count). The summed E-state index contributed by atoms with van der Waals surface area (Å²) in [6, 6.07) is -0.0916. The van der Waals surface area contributed by atoms with E-state index in [0.29, 0.717) is 23.4 Å². The smallest absolute Gasteiger partial charge is 0.165 e. The van der Waals surface area contributed by atoms with Crippen molar-refractivity contribution in [2.75, 3.05) is 5.73 Å². The molecule has 2 aromatic rings. The predicted octanol–water partition coefficient (Wildman–Crippen LogP) is 0.234. The summed E-state index contributed by atoms with van der Waals surface area (Å²) in [5.74, 6) is -0.350. The van der Waals surface area contributed by atoms with E-state index in [1.54, 1.807) is 6.33 Å². The van der Waals surface area contributed by atoms with Crippen molar-refractivity contribution < 1.29 is 14.6 Å². The minimum Gasteiger partial charge on any atom is -0.390 e. The fourth-order valence-corrected chi connectivity index (χ4v) is 3.31. The van der Waals surface area contributed by atoms with Gasteiger partial charge < -0.3 is 24.9 Å². The minimum atomic E-state index is -0.695. The average Bonchev–Trinajstić information content (AvgIpc) is 3.04. The summed E-state index contributed by atoms with van der Waals surface area (Å²) < 4.78 is 13.6. The maximum absolute atomic E-state index is 10.2. The SMILES string of the molecule is CC1(C)O[C@@H]2[C@H](O1)[C@H](O)C[C@H]2n1cnc2c(N)ncnc21. The van der Waals surface area contributed by atoms with E-state index in [0.717, 1.165) is 0 Å². The Bertz CT molecular complexity index is 700. The van der Waals surface area contributed by atoms with E-state index >= 15 is 0 Å². The van der Waals surface area contributed by atoms with Crippen molar-refractivity contribution in [2.24, 2.45) is 0 Å². The van der Waals surface area contributed by atoms with Gasteiger partial charge in [0.2, 0.25) is 0 Å². The van der Waals surface area contributed by atoms with Crippen LogP contribution in [0.25, 0.3) is 11.2 Å². The quantitative estimate of drug-likeness (QED) is 0.774. The normalized spacial score (nSPS) is 34.4. The van der Waals surface area contributed by atoms with Crippen molar-refractivity contribution in [3.63, 3.8) is 0 Å². The van der Waals surface area contributed by atoms with E-state index in [4.69, 9.17) is 15.2 Å². The van der Waals surface area contributed by atoms with Crippen molar-refractivity contribution in [1.29, 1.82) is 0 Å². The van der Waals surface area contributed by atoms with Gasteiger partial charge in [0.1, 0.15) is 24.1 Å². The van der Waals surface area contributed by atoms with Crippen LogP contribution in [0.4, 0.5) is 5.82 Å². The maximum Gasteiger partial charge on any atom is 0.165 e. The number of hydrogen-bond acceptors (Lipinski definition) is 7. The van der Waals surface area contributed by atoms with Crippen LogP contribution in [-0.2, 0) is 9.47 Å². The number of nitrogens with two attached hydrogens (primary N) is 1. The number of anilines is 1. The van der Waals surface area contributed by atoms with Gasteiger partial charge in [0, 0.05) is 0 Å². The molecular weight excluding hydrogens is 274 g/mol. The van der Waals surface area contributed by atoms with Crippen LogP contribution in [0.2, 0.25) is 0 Å². The zero-order valence-electron chi connectivity index (χ0n) is 11.8. The van der Waals surface area contributed by atoms with E-state index < -0.39 is 11.9 Å². The van der Waals surface area contributed by atoms with Crippen LogP contribution in [0.15, 0.2) is 12.7 Å². The molecule has 4 atom stereocenters. The highest BCUT2D eigenvalue weighted by Crippen LogP contribution is 2.44. The van der Waals surface area contributed by atoms with Gasteiger partial charge in [0.05, 0.1) is 18.5 Å². The lowest BCUT2D eigenvalue weighted by molar-refractivity contribution is -0.165. The van der Waals surface area contributed by atoms with Crippen LogP contribution in [-0.4, -0.2) is 48.7 Å².